The average Bonchev–Trinajstić information content (AvgIpc) is 2.44. The number of hydrogen-bond donors (Lipinski definition) is 0. The zero-order chi connectivity index (χ0) is 9.97. The number of nitrogens with zero attached hydrogens (tertiary/aromatic N) is 1. The molecule has 1 aliphatic carbocycles. The van der Waals surface area contributed by atoms with Crippen LogP contribution in [0.25, 0.3) is 0 Å². The molecule has 0 bridgehead atoms. The fourth-order valence-corrected chi connectivity index (χ4v) is 2.54. The molecule has 0 saturated heterocycles. The Balaban J connectivity index is 1.81. The van der Waals surface area contributed by atoms with Crippen LogP contribution in [0.3, 0.4) is 0 Å². The van der Waals surface area contributed by atoms with Gasteiger partial charge in [0.05, 0.1) is 6.42 Å². The van der Waals surface area contributed by atoms with E-state index in [0.29, 0.717) is 18.1 Å². The molecule has 0 aliphatic heterocycles. The molecule has 76 valence electrons. The quantitative estimate of drug-likeness (QED) is 0.763. The van der Waals surface area contributed by atoms with Crippen molar-refractivity contribution in [2.75, 3.05) is 0 Å². The summed E-state index contributed by atoms with van der Waals surface area (Å²) in [5, 5.41) is 2.98. The summed E-state index contributed by atoms with van der Waals surface area (Å²) < 4.78 is 0. The largest absolute Gasteiger partial charge is 0.299 e. The predicted molar refractivity (Wildman–Crippen MR) is 57.5 cm³/mol. The number of carbonyl (C=O) groups excluding carboxylic acids is 1. The van der Waals surface area contributed by atoms with E-state index < -0.39 is 0 Å². The zero-order valence-corrected chi connectivity index (χ0v) is 9.27. The molecule has 0 aromatic carbocycles. The van der Waals surface area contributed by atoms with Gasteiger partial charge in [-0.05, 0) is 12.8 Å². The summed E-state index contributed by atoms with van der Waals surface area (Å²) in [5.74, 6) is 1.05. The molecule has 14 heavy (non-hydrogen) atoms. The third-order valence-electron chi connectivity index (χ3n) is 2.76. The first-order valence-electron chi connectivity index (χ1n) is 5.17. The lowest BCUT2D eigenvalue weighted by Crippen LogP contribution is -2.16. The van der Waals surface area contributed by atoms with E-state index in [2.05, 4.69) is 4.98 Å². The maximum atomic E-state index is 11.6. The minimum Gasteiger partial charge on any atom is -0.299 e. The number of rotatable bonds is 4. The average molecular weight is 209 g/mol. The van der Waals surface area contributed by atoms with Crippen molar-refractivity contribution >= 4 is 17.1 Å². The van der Waals surface area contributed by atoms with Gasteiger partial charge in [0.2, 0.25) is 0 Å². The highest BCUT2D eigenvalue weighted by Crippen LogP contribution is 2.29. The van der Waals surface area contributed by atoms with Gasteiger partial charge in [-0.2, -0.15) is 0 Å². The van der Waals surface area contributed by atoms with Gasteiger partial charge < -0.3 is 0 Å². The van der Waals surface area contributed by atoms with Crippen molar-refractivity contribution in [2.45, 2.75) is 39.0 Å². The molecule has 0 amide bonds. The normalized spacial score (nSPS) is 16.6. The molecule has 0 N–H and O–H groups in total. The number of hydrogen-bond acceptors (Lipinski definition) is 3. The minimum atomic E-state index is 0.365. The van der Waals surface area contributed by atoms with Crippen LogP contribution >= 0.6 is 11.3 Å². The minimum absolute atomic E-state index is 0.365. The predicted octanol–water partition coefficient (Wildman–Crippen LogP) is 2.75. The summed E-state index contributed by atoms with van der Waals surface area (Å²) in [5.41, 5.74) is 1.03. The molecule has 1 fully saturated rings. The number of carbonyl (C=O) groups is 1. The van der Waals surface area contributed by atoms with E-state index in [9.17, 15) is 4.79 Å². The molecular weight excluding hydrogens is 194 g/mol. The Morgan fingerprint density at radius 2 is 2.43 bits per heavy atom. The number of thiazole rings is 1. The van der Waals surface area contributed by atoms with Gasteiger partial charge in [-0.1, -0.05) is 19.3 Å². The first-order chi connectivity index (χ1) is 6.74. The van der Waals surface area contributed by atoms with E-state index in [1.54, 1.807) is 11.3 Å². The highest BCUT2D eigenvalue weighted by molar-refractivity contribution is 7.09. The summed E-state index contributed by atoms with van der Waals surface area (Å²) in [6.45, 7) is 1.97. The van der Waals surface area contributed by atoms with Crippen LogP contribution in [-0.4, -0.2) is 10.8 Å². The van der Waals surface area contributed by atoms with Crippen LogP contribution in [-0.2, 0) is 11.2 Å². The van der Waals surface area contributed by atoms with Gasteiger partial charge in [-0.15, -0.1) is 11.3 Å². The van der Waals surface area contributed by atoms with E-state index in [1.165, 1.54) is 19.3 Å². The Labute approximate surface area is 88.4 Å². The molecular formula is C11H15NOS. The maximum absolute atomic E-state index is 11.6. The molecule has 1 heterocycles. The Morgan fingerprint density at radius 3 is 2.93 bits per heavy atom. The van der Waals surface area contributed by atoms with Gasteiger partial charge in [0, 0.05) is 17.5 Å². The molecule has 0 radical (unpaired) electrons. The molecule has 1 aromatic rings. The lowest BCUT2D eigenvalue weighted by atomic mass is 9.81. The third-order valence-corrected chi connectivity index (χ3v) is 3.72. The SMILES string of the molecule is Cc1csc(CC(=O)CC2CCC2)n1. The number of aromatic nitrogens is 1. The Morgan fingerprint density at radius 1 is 1.64 bits per heavy atom. The van der Waals surface area contributed by atoms with E-state index in [1.807, 2.05) is 12.3 Å². The molecule has 2 nitrogen and oxygen atoms in total. The van der Waals surface area contributed by atoms with Crippen LogP contribution in [0.4, 0.5) is 0 Å². The van der Waals surface area contributed by atoms with Crippen LogP contribution < -0.4 is 0 Å². The lowest BCUT2D eigenvalue weighted by Gasteiger charge is -2.24. The van der Waals surface area contributed by atoms with Gasteiger partial charge in [0.1, 0.15) is 10.8 Å². The zero-order valence-electron chi connectivity index (χ0n) is 8.45. The van der Waals surface area contributed by atoms with Gasteiger partial charge in [0.25, 0.3) is 0 Å². The summed E-state index contributed by atoms with van der Waals surface area (Å²) in [7, 11) is 0. The first-order valence-corrected chi connectivity index (χ1v) is 6.04. The monoisotopic (exact) mass is 209 g/mol. The highest BCUT2D eigenvalue weighted by Gasteiger charge is 2.20. The Kier molecular flexibility index (Phi) is 2.96. The van der Waals surface area contributed by atoms with Gasteiger partial charge in [0.15, 0.2) is 0 Å². The fraction of sp³-hybridized carbons (Fsp3) is 0.636. The van der Waals surface area contributed by atoms with Gasteiger partial charge >= 0.3 is 0 Å². The summed E-state index contributed by atoms with van der Waals surface area (Å²) in [6.07, 6.45) is 5.15. The van der Waals surface area contributed by atoms with E-state index in [-0.39, 0.29) is 0 Å². The molecule has 1 aliphatic rings. The molecule has 0 unspecified atom stereocenters. The van der Waals surface area contributed by atoms with Crippen molar-refractivity contribution in [3.05, 3.63) is 16.1 Å². The first kappa shape index (κ1) is 9.84. The third kappa shape index (κ3) is 2.41. The van der Waals surface area contributed by atoms with Crippen LogP contribution in [0.5, 0.6) is 0 Å². The van der Waals surface area contributed by atoms with Crippen LogP contribution in [0.1, 0.15) is 36.4 Å². The Hall–Kier alpha value is -0.700. The van der Waals surface area contributed by atoms with Crippen molar-refractivity contribution in [3.63, 3.8) is 0 Å². The van der Waals surface area contributed by atoms with Crippen molar-refractivity contribution in [2.24, 2.45) is 5.92 Å². The maximum Gasteiger partial charge on any atom is 0.139 e. The summed E-state index contributed by atoms with van der Waals surface area (Å²) in [6, 6.07) is 0. The summed E-state index contributed by atoms with van der Waals surface area (Å²) in [4.78, 5) is 15.9. The molecule has 0 atom stereocenters. The number of Topliss-reactive ketones (excluding diaryl/α,β-unsaturated/α-hetero) is 1. The smallest absolute Gasteiger partial charge is 0.139 e. The molecule has 3 heteroatoms. The van der Waals surface area contributed by atoms with Gasteiger partial charge in [-0.25, -0.2) is 4.98 Å². The summed E-state index contributed by atoms with van der Waals surface area (Å²) >= 11 is 1.60. The van der Waals surface area contributed by atoms with Crippen LogP contribution in [0, 0.1) is 12.8 Å². The second-order valence-corrected chi connectivity index (χ2v) is 5.04. The van der Waals surface area contributed by atoms with E-state index in [0.717, 1.165) is 17.1 Å². The molecule has 1 saturated carbocycles. The second-order valence-electron chi connectivity index (χ2n) is 4.10. The van der Waals surface area contributed by atoms with Crippen molar-refractivity contribution in [1.29, 1.82) is 0 Å². The topological polar surface area (TPSA) is 30.0 Å². The molecule has 2 rings (SSSR count). The van der Waals surface area contributed by atoms with Gasteiger partial charge in [-0.3, -0.25) is 4.79 Å². The van der Waals surface area contributed by atoms with Crippen molar-refractivity contribution in [3.8, 4) is 0 Å². The van der Waals surface area contributed by atoms with Crippen molar-refractivity contribution in [1.82, 2.24) is 4.98 Å². The Bertz CT molecular complexity index is 328. The highest BCUT2D eigenvalue weighted by atomic mass is 32.1. The van der Waals surface area contributed by atoms with Crippen molar-refractivity contribution < 1.29 is 4.79 Å². The second kappa shape index (κ2) is 4.22. The van der Waals surface area contributed by atoms with Crippen LogP contribution in [0.2, 0.25) is 0 Å². The number of ketones is 1. The number of aryl methyl sites for hydroxylation is 1. The van der Waals surface area contributed by atoms with Crippen LogP contribution in [0.15, 0.2) is 5.38 Å². The molecule has 1 aromatic heterocycles. The van der Waals surface area contributed by atoms with E-state index in [4.69, 9.17) is 0 Å². The molecule has 0 spiro atoms. The fourth-order valence-electron chi connectivity index (χ4n) is 1.74. The lowest BCUT2D eigenvalue weighted by molar-refractivity contribution is -0.119. The van der Waals surface area contributed by atoms with E-state index >= 15 is 0 Å². The standard InChI is InChI=1S/C11H15NOS/c1-8-7-14-11(12-8)6-10(13)5-9-3-2-4-9/h7,9H,2-6H2,1H3.